The van der Waals surface area contributed by atoms with E-state index in [0.717, 1.165) is 10.9 Å². The molecule has 18 rings (SSSR count). The van der Waals surface area contributed by atoms with E-state index in [1.165, 1.54) is 139 Å². The van der Waals surface area contributed by atoms with Crippen molar-refractivity contribution < 1.29 is 0 Å². The first kappa shape index (κ1) is 44.2. The van der Waals surface area contributed by atoms with Gasteiger partial charge in [0, 0.05) is 26.5 Å². The van der Waals surface area contributed by atoms with Crippen LogP contribution in [0.2, 0.25) is 0 Å². The molecular weight excluding hydrogens is 995 g/mol. The molecule has 2 heteroatoms. The smallest absolute Gasteiger partial charge is 0.0726 e. The van der Waals surface area contributed by atoms with E-state index in [4.69, 9.17) is 0 Å². The van der Waals surface area contributed by atoms with E-state index in [0.29, 0.717) is 0 Å². The molecular formula is C75H48BrN. The number of para-hydroxylation sites is 2. The molecule has 5 aliphatic carbocycles. The molecule has 1 aromatic heterocycles. The van der Waals surface area contributed by atoms with Crippen molar-refractivity contribution in [3.05, 3.63) is 339 Å². The molecule has 13 aromatic rings. The van der Waals surface area contributed by atoms with Gasteiger partial charge in [0.05, 0.1) is 21.9 Å². The molecule has 12 aromatic carbocycles. The summed E-state index contributed by atoms with van der Waals surface area (Å²) in [5.41, 5.74) is 31.1. The molecule has 0 unspecified atom stereocenters. The minimum absolute atomic E-state index is 0.233. The van der Waals surface area contributed by atoms with E-state index in [1.54, 1.807) is 0 Å². The Labute approximate surface area is 457 Å². The van der Waals surface area contributed by atoms with E-state index in [9.17, 15) is 0 Å². The molecule has 1 nitrogen and oxygen atoms in total. The minimum Gasteiger partial charge on any atom is -0.309 e. The normalized spacial score (nSPS) is 13.9. The largest absolute Gasteiger partial charge is 0.309 e. The fourth-order valence-corrected chi connectivity index (χ4v) is 15.0. The van der Waals surface area contributed by atoms with Crippen molar-refractivity contribution in [2.45, 2.75) is 17.3 Å². The van der Waals surface area contributed by atoms with Gasteiger partial charge in [-0.05, 0) is 142 Å². The van der Waals surface area contributed by atoms with Crippen LogP contribution in [0.15, 0.2) is 284 Å². The van der Waals surface area contributed by atoms with E-state index in [-0.39, 0.29) is 10.8 Å². The first-order chi connectivity index (χ1) is 38.2. The summed E-state index contributed by atoms with van der Waals surface area (Å²) in [5.74, 6) is 0. The summed E-state index contributed by atoms with van der Waals surface area (Å²) in [7, 11) is 0. The second-order valence-electron chi connectivity index (χ2n) is 21.0. The highest BCUT2D eigenvalue weighted by molar-refractivity contribution is 9.10. The molecule has 5 aliphatic rings. The number of halogens is 1. The zero-order valence-corrected chi connectivity index (χ0v) is 43.7. The zero-order valence-electron chi connectivity index (χ0n) is 42.1. The number of benzene rings is 12. The lowest BCUT2D eigenvalue weighted by Gasteiger charge is -2.30. The average molecular weight is 1040 g/mol. The number of hydrogen-bond acceptors (Lipinski definition) is 0. The predicted octanol–water partition coefficient (Wildman–Crippen LogP) is 19.2. The first-order valence-corrected chi connectivity index (χ1v) is 27.6. The van der Waals surface area contributed by atoms with Gasteiger partial charge in [-0.25, -0.2) is 0 Å². The summed E-state index contributed by atoms with van der Waals surface area (Å²) in [4.78, 5) is 0. The molecule has 0 bridgehead atoms. The van der Waals surface area contributed by atoms with Crippen LogP contribution in [0.4, 0.5) is 0 Å². The molecule has 360 valence electrons. The van der Waals surface area contributed by atoms with Gasteiger partial charge in [-0.1, -0.05) is 265 Å². The average Bonchev–Trinajstić information content (AvgIpc) is 4.52. The zero-order chi connectivity index (χ0) is 50.8. The Balaban J connectivity index is 0.000000116. The fraction of sp³-hybridized carbons (Fsp3) is 0.0400. The third-order valence-corrected chi connectivity index (χ3v) is 18.0. The second kappa shape index (κ2) is 17.0. The number of aromatic nitrogens is 1. The van der Waals surface area contributed by atoms with Gasteiger partial charge in [-0.2, -0.15) is 0 Å². The molecule has 0 saturated carbocycles. The Morgan fingerprint density at radius 1 is 0.286 bits per heavy atom. The quantitative estimate of drug-likeness (QED) is 0.154. The highest BCUT2D eigenvalue weighted by atomic mass is 79.9. The van der Waals surface area contributed by atoms with Crippen molar-refractivity contribution in [1.29, 1.82) is 0 Å². The molecule has 0 aliphatic heterocycles. The van der Waals surface area contributed by atoms with Crippen LogP contribution in [0.25, 0.3) is 83.1 Å². The molecule has 1 heterocycles. The SMILES string of the molecule is Brc1ccccc1.c1ccc(-n2c3ccccc3c3ccc4c(c32)-c2ccccc2C42c3ccccc3-c3ccccc32)cc1.c1ccc2c(c1)Cc1c-2ccc2c1-c1ccccc1C21c2ccccc2-c2ccccc21. The standard InChI is InChI=1S/C37H23N.C32H20.C6H5Br/c1-2-12-24(13-3-1)38-34-21-11-7-16-27(34)28-22-23-33-35(36(28)38)29-17-6-10-20-32(29)37(33)30-18-8-4-14-25(30)26-15-5-9-19-31(26)37;1-2-10-21-20(9-1)19-26-22(21)17-18-30-31(26)25-13-5-8-16-29(25)32(30)27-14-6-3-11-23(27)24-12-4-7-15-28(24)32;7-6-4-2-1-3-5-6/h1-23H;1-18H,19H2;1-5H. The monoisotopic (exact) mass is 1040 g/mol. The highest BCUT2D eigenvalue weighted by Crippen LogP contribution is 2.66. The third-order valence-electron chi connectivity index (χ3n) is 17.5. The van der Waals surface area contributed by atoms with Crippen molar-refractivity contribution in [2.24, 2.45) is 0 Å². The van der Waals surface area contributed by atoms with Crippen LogP contribution in [0.3, 0.4) is 0 Å². The molecule has 77 heavy (non-hydrogen) atoms. The molecule has 0 atom stereocenters. The number of fused-ring (bicyclic) bond motifs is 28. The van der Waals surface area contributed by atoms with Crippen LogP contribution >= 0.6 is 15.9 Å². The summed E-state index contributed by atoms with van der Waals surface area (Å²) in [6.07, 6.45) is 1.02. The minimum atomic E-state index is -0.328. The number of hydrogen-bond donors (Lipinski definition) is 0. The van der Waals surface area contributed by atoms with Crippen LogP contribution < -0.4 is 0 Å². The predicted molar refractivity (Wildman–Crippen MR) is 322 cm³/mol. The summed E-state index contributed by atoms with van der Waals surface area (Å²) in [6, 6.07) is 102. The summed E-state index contributed by atoms with van der Waals surface area (Å²) >= 11 is 3.31. The maximum Gasteiger partial charge on any atom is 0.0726 e. The van der Waals surface area contributed by atoms with Crippen LogP contribution in [-0.2, 0) is 17.3 Å². The summed E-state index contributed by atoms with van der Waals surface area (Å²) in [5, 5.41) is 2.59. The van der Waals surface area contributed by atoms with Crippen molar-refractivity contribution in [2.75, 3.05) is 0 Å². The van der Waals surface area contributed by atoms with Gasteiger partial charge in [-0.3, -0.25) is 0 Å². The Hall–Kier alpha value is -9.08. The van der Waals surface area contributed by atoms with Crippen molar-refractivity contribution >= 4 is 37.7 Å². The highest BCUT2D eigenvalue weighted by Gasteiger charge is 2.54. The lowest BCUT2D eigenvalue weighted by Crippen LogP contribution is -2.25. The van der Waals surface area contributed by atoms with Crippen molar-refractivity contribution in [3.63, 3.8) is 0 Å². The summed E-state index contributed by atoms with van der Waals surface area (Å²) in [6.45, 7) is 0. The van der Waals surface area contributed by atoms with E-state index in [2.05, 4.69) is 269 Å². The lowest BCUT2D eigenvalue weighted by molar-refractivity contribution is 0.793. The number of nitrogens with zero attached hydrogens (tertiary/aromatic N) is 1. The van der Waals surface area contributed by atoms with Gasteiger partial charge >= 0.3 is 0 Å². The van der Waals surface area contributed by atoms with E-state index < -0.39 is 0 Å². The molecule has 0 N–H and O–H groups in total. The Morgan fingerprint density at radius 2 is 0.688 bits per heavy atom. The maximum atomic E-state index is 3.31. The molecule has 0 fully saturated rings. The maximum absolute atomic E-state index is 3.31. The van der Waals surface area contributed by atoms with E-state index >= 15 is 0 Å². The topological polar surface area (TPSA) is 4.93 Å². The molecule has 0 amide bonds. The van der Waals surface area contributed by atoms with Gasteiger partial charge in [-0.15, -0.1) is 0 Å². The van der Waals surface area contributed by atoms with Crippen LogP contribution in [0.1, 0.15) is 55.6 Å². The van der Waals surface area contributed by atoms with Gasteiger partial charge in [0.25, 0.3) is 0 Å². The molecule has 2 spiro atoms. The lowest BCUT2D eigenvalue weighted by atomic mass is 9.70. The molecule has 0 radical (unpaired) electrons. The third kappa shape index (κ3) is 5.99. The second-order valence-corrected chi connectivity index (χ2v) is 21.9. The van der Waals surface area contributed by atoms with Crippen LogP contribution in [0.5, 0.6) is 0 Å². The number of rotatable bonds is 1. The fourth-order valence-electron chi connectivity index (χ4n) is 14.7. The van der Waals surface area contributed by atoms with Crippen molar-refractivity contribution in [3.8, 4) is 61.3 Å². The first-order valence-electron chi connectivity index (χ1n) is 26.8. The Morgan fingerprint density at radius 3 is 1.22 bits per heavy atom. The van der Waals surface area contributed by atoms with Gasteiger partial charge < -0.3 is 4.57 Å². The van der Waals surface area contributed by atoms with Gasteiger partial charge in [0.1, 0.15) is 0 Å². The van der Waals surface area contributed by atoms with E-state index in [1.807, 2.05) is 30.3 Å². The van der Waals surface area contributed by atoms with Gasteiger partial charge in [0.2, 0.25) is 0 Å². The Bertz CT molecular complexity index is 4470. The summed E-state index contributed by atoms with van der Waals surface area (Å²) < 4.78 is 3.61. The van der Waals surface area contributed by atoms with Gasteiger partial charge in [0.15, 0.2) is 0 Å². The Kier molecular flexibility index (Phi) is 9.75. The van der Waals surface area contributed by atoms with Crippen molar-refractivity contribution in [1.82, 2.24) is 4.57 Å². The van der Waals surface area contributed by atoms with Crippen LogP contribution in [0, 0.1) is 0 Å². The molecule has 0 saturated heterocycles. The van der Waals surface area contributed by atoms with Crippen LogP contribution in [-0.4, -0.2) is 4.57 Å².